The van der Waals surface area contributed by atoms with Crippen molar-refractivity contribution in [1.82, 2.24) is 9.29 Å². The van der Waals surface area contributed by atoms with E-state index in [-0.39, 0.29) is 11.0 Å². The lowest BCUT2D eigenvalue weighted by molar-refractivity contribution is 0.158. The number of anilines is 1. The molecule has 1 aliphatic heterocycles. The first-order chi connectivity index (χ1) is 16.4. The molecule has 0 saturated carbocycles. The number of benzene rings is 1. The van der Waals surface area contributed by atoms with E-state index in [0.29, 0.717) is 74.8 Å². The number of ether oxygens (including phenoxy) is 1. The second-order valence-electron chi connectivity index (χ2n) is 8.12. The molecule has 11 heteroatoms. The quantitative estimate of drug-likeness (QED) is 0.272. The van der Waals surface area contributed by atoms with E-state index in [0.717, 1.165) is 18.4 Å². The molecule has 1 saturated heterocycles. The van der Waals surface area contributed by atoms with Gasteiger partial charge in [-0.3, -0.25) is 4.31 Å². The van der Waals surface area contributed by atoms with Crippen molar-refractivity contribution in [3.63, 3.8) is 0 Å². The molecule has 2 heterocycles. The molecule has 8 nitrogen and oxygen atoms in total. The molecule has 0 amide bonds. The minimum atomic E-state index is -3.57. The summed E-state index contributed by atoms with van der Waals surface area (Å²) in [4.78, 5) is 8.98. The molecule has 0 unspecified atom stereocenters. The molecular weight excluding hydrogens is 483 g/mol. The Hall–Kier alpha value is -2.43. The van der Waals surface area contributed by atoms with E-state index in [4.69, 9.17) is 21.2 Å². The van der Waals surface area contributed by atoms with Crippen LogP contribution in [-0.4, -0.2) is 56.3 Å². The lowest BCUT2D eigenvalue weighted by atomic mass is 10.1. The van der Waals surface area contributed by atoms with Gasteiger partial charge in [-0.25, -0.2) is 9.37 Å². The van der Waals surface area contributed by atoms with Gasteiger partial charge in [-0.05, 0) is 62.8 Å². The Morgan fingerprint density at radius 1 is 1.18 bits per heavy atom. The summed E-state index contributed by atoms with van der Waals surface area (Å²) in [5, 5.41) is 4.27. The Morgan fingerprint density at radius 2 is 2.03 bits per heavy atom. The van der Waals surface area contributed by atoms with E-state index >= 15 is 0 Å². The predicted molar refractivity (Wildman–Crippen MR) is 129 cm³/mol. The Bertz CT molecular complexity index is 1160. The van der Waals surface area contributed by atoms with Crippen molar-refractivity contribution in [3.8, 4) is 5.75 Å². The fraction of sp³-hybridized carbons (Fsp3) is 0.478. The zero-order valence-electron chi connectivity index (χ0n) is 19.0. The number of nitrogens with zero attached hydrogens (tertiary/aromatic N) is 4. The minimum absolute atomic E-state index is 0.258. The minimum Gasteiger partial charge on any atom is -0.493 e. The Labute approximate surface area is 204 Å². The van der Waals surface area contributed by atoms with Crippen LogP contribution in [0.4, 0.5) is 10.1 Å². The van der Waals surface area contributed by atoms with Crippen molar-refractivity contribution >= 4 is 33.2 Å². The summed E-state index contributed by atoms with van der Waals surface area (Å²) in [6.45, 7) is 3.97. The molecule has 2 aromatic rings. The van der Waals surface area contributed by atoms with Crippen LogP contribution >= 0.6 is 11.6 Å². The molecular formula is C23H28ClFN4O4S. The van der Waals surface area contributed by atoms with Crippen LogP contribution in [-0.2, 0) is 21.5 Å². The van der Waals surface area contributed by atoms with Crippen LogP contribution in [0.2, 0.25) is 5.15 Å². The first-order valence-corrected chi connectivity index (χ1v) is 13.2. The maximum atomic E-state index is 14.6. The number of aromatic nitrogens is 1. The van der Waals surface area contributed by atoms with Crippen molar-refractivity contribution in [3.05, 3.63) is 52.6 Å². The van der Waals surface area contributed by atoms with E-state index in [1.54, 1.807) is 12.1 Å². The van der Waals surface area contributed by atoms with Crippen LogP contribution < -0.4 is 9.04 Å². The van der Waals surface area contributed by atoms with Gasteiger partial charge >= 0.3 is 10.2 Å². The molecule has 1 aliphatic carbocycles. The van der Waals surface area contributed by atoms with Crippen LogP contribution in [0.3, 0.4) is 0 Å². The number of hydrogen-bond donors (Lipinski definition) is 0. The third-order valence-corrected chi connectivity index (χ3v) is 8.02. The average molecular weight is 511 g/mol. The SMILES string of the molecule is CCO/N=C1\CCc2cc(OCCCCCN3CCN(c4ccnc(Cl)c4)S3(=O)=O)cc(F)c21. The van der Waals surface area contributed by atoms with Crippen LogP contribution in [0.15, 0.2) is 35.6 Å². The van der Waals surface area contributed by atoms with Crippen molar-refractivity contribution < 1.29 is 22.4 Å². The Morgan fingerprint density at radius 3 is 2.82 bits per heavy atom. The average Bonchev–Trinajstić information content (AvgIpc) is 3.34. The van der Waals surface area contributed by atoms with Gasteiger partial charge in [-0.1, -0.05) is 16.8 Å². The number of oxime groups is 1. The normalized spacial score (nSPS) is 18.4. The van der Waals surface area contributed by atoms with Crippen LogP contribution in [0, 0.1) is 5.82 Å². The van der Waals surface area contributed by atoms with Crippen molar-refractivity contribution in [1.29, 1.82) is 0 Å². The van der Waals surface area contributed by atoms with Crippen molar-refractivity contribution in [2.45, 2.75) is 39.0 Å². The largest absolute Gasteiger partial charge is 0.493 e. The maximum Gasteiger partial charge on any atom is 0.304 e. The van der Waals surface area contributed by atoms with Crippen LogP contribution in [0.1, 0.15) is 43.7 Å². The van der Waals surface area contributed by atoms with Gasteiger partial charge in [0.05, 0.1) is 18.0 Å². The zero-order chi connectivity index (χ0) is 24.1. The second-order valence-corrected chi connectivity index (χ2v) is 10.4. The summed E-state index contributed by atoms with van der Waals surface area (Å²) in [6, 6.07) is 6.44. The highest BCUT2D eigenvalue weighted by Crippen LogP contribution is 2.30. The van der Waals surface area contributed by atoms with Gasteiger partial charge in [0, 0.05) is 37.5 Å². The van der Waals surface area contributed by atoms with Crippen molar-refractivity contribution in [2.75, 3.05) is 37.2 Å². The van der Waals surface area contributed by atoms with Crippen LogP contribution in [0.5, 0.6) is 5.75 Å². The van der Waals surface area contributed by atoms with Crippen molar-refractivity contribution in [2.24, 2.45) is 5.16 Å². The number of unbranched alkanes of at least 4 members (excludes halogenated alkanes) is 2. The second kappa shape index (κ2) is 10.9. The molecule has 1 aromatic carbocycles. The van der Waals surface area contributed by atoms with E-state index in [9.17, 15) is 12.8 Å². The van der Waals surface area contributed by atoms with Gasteiger partial charge in [-0.2, -0.15) is 12.7 Å². The summed E-state index contributed by atoms with van der Waals surface area (Å²) in [6.07, 6.45) is 5.11. The first kappa shape index (κ1) is 24.7. The van der Waals surface area contributed by atoms with Gasteiger partial charge in [0.1, 0.15) is 23.3 Å². The molecule has 0 bridgehead atoms. The predicted octanol–water partition coefficient (Wildman–Crippen LogP) is 4.18. The van der Waals surface area contributed by atoms with E-state index in [1.807, 2.05) is 13.0 Å². The molecule has 0 N–H and O–H groups in total. The summed E-state index contributed by atoms with van der Waals surface area (Å²) in [7, 11) is -3.57. The zero-order valence-corrected chi connectivity index (χ0v) is 20.6. The fourth-order valence-corrected chi connectivity index (χ4v) is 6.03. The lowest BCUT2D eigenvalue weighted by Gasteiger charge is -2.20. The molecule has 1 fully saturated rings. The topological polar surface area (TPSA) is 84.3 Å². The number of hydrogen-bond acceptors (Lipinski definition) is 6. The summed E-state index contributed by atoms with van der Waals surface area (Å²) >= 11 is 5.90. The third-order valence-electron chi connectivity index (χ3n) is 5.84. The molecule has 2 aliphatic rings. The highest BCUT2D eigenvalue weighted by atomic mass is 35.5. The number of halogens is 2. The first-order valence-electron chi connectivity index (χ1n) is 11.4. The smallest absolute Gasteiger partial charge is 0.304 e. The maximum absolute atomic E-state index is 14.6. The molecule has 34 heavy (non-hydrogen) atoms. The number of fused-ring (bicyclic) bond motifs is 1. The number of pyridine rings is 1. The summed E-state index contributed by atoms with van der Waals surface area (Å²) in [5.74, 6) is 0.158. The third kappa shape index (κ3) is 5.45. The van der Waals surface area contributed by atoms with Gasteiger partial charge in [0.15, 0.2) is 0 Å². The Kier molecular flexibility index (Phi) is 7.90. The number of rotatable bonds is 10. The van der Waals surface area contributed by atoms with E-state index < -0.39 is 10.2 Å². The Balaban J connectivity index is 1.22. The standard InChI is InChI=1S/C23H28ClFN4O4S/c1-2-33-27-21-7-6-17-14-19(16-20(25)23(17)21)32-13-5-3-4-10-28-11-12-29(34(28,30)31)18-8-9-26-22(24)15-18/h8-9,14-16H,2-7,10-13H2,1H3/b27-21+. The van der Waals surface area contributed by atoms with Gasteiger partial charge in [0.2, 0.25) is 0 Å². The summed E-state index contributed by atoms with van der Waals surface area (Å²) in [5.41, 5.74) is 2.57. The number of aryl methyl sites for hydroxylation is 1. The highest BCUT2D eigenvalue weighted by molar-refractivity contribution is 7.90. The fourth-order valence-electron chi connectivity index (χ4n) is 4.22. The molecule has 0 spiro atoms. The molecule has 184 valence electrons. The van der Waals surface area contributed by atoms with Gasteiger partial charge in [0.25, 0.3) is 0 Å². The van der Waals surface area contributed by atoms with E-state index in [1.165, 1.54) is 20.9 Å². The van der Waals surface area contributed by atoms with E-state index in [2.05, 4.69) is 10.1 Å². The molecule has 1 aromatic heterocycles. The monoisotopic (exact) mass is 510 g/mol. The molecule has 0 atom stereocenters. The lowest BCUT2D eigenvalue weighted by Crippen LogP contribution is -2.33. The summed E-state index contributed by atoms with van der Waals surface area (Å²) < 4.78 is 48.8. The highest BCUT2D eigenvalue weighted by Gasteiger charge is 2.36. The molecule has 4 rings (SSSR count). The van der Waals surface area contributed by atoms with Gasteiger partial charge < -0.3 is 9.57 Å². The van der Waals surface area contributed by atoms with Gasteiger partial charge in [-0.15, -0.1) is 0 Å². The molecule has 0 radical (unpaired) electrons. The van der Waals surface area contributed by atoms with Crippen LogP contribution in [0.25, 0.3) is 0 Å².